The number of tetrazole rings is 1. The average molecular weight is 591 g/mol. The standard InChI is InChI=1S/C17H16N8O5S2.C2HF3O2/c18-5-6-31(27,28)13-4-3-10(9-1-2-11-12(7-9)20-8-21-17(11)26)14(15(13)32(19,29)30)16-22-24-25-23-16;3-2(4,5)1(6)7/h1-4,7-8H,5-6,18H2,(H2,19,29,30)(H,20,21,26)(H,22,23,24,25);(H,6,7). The molecule has 4 aromatic rings. The topological polar surface area (TPSA) is 258 Å². The number of hydrogen-bond acceptors (Lipinski definition) is 11. The van der Waals surface area contributed by atoms with Gasteiger partial charge in [0.05, 0.1) is 33.4 Å². The molecular formula is C19H17F3N8O7S2. The number of nitrogens with one attached hydrogen (secondary N) is 2. The number of carboxylic acids is 1. The van der Waals surface area contributed by atoms with Crippen molar-refractivity contribution in [1.29, 1.82) is 0 Å². The maximum atomic E-state index is 12.8. The minimum absolute atomic E-state index is 0.163. The molecule has 0 aliphatic carbocycles. The fraction of sp³-hybridized carbons (Fsp3) is 0.158. The lowest BCUT2D eigenvalue weighted by Gasteiger charge is -2.16. The highest BCUT2D eigenvalue weighted by molar-refractivity contribution is 7.93. The Morgan fingerprint density at radius 2 is 1.77 bits per heavy atom. The highest BCUT2D eigenvalue weighted by Crippen LogP contribution is 2.39. The van der Waals surface area contributed by atoms with E-state index in [4.69, 9.17) is 20.8 Å². The molecular weight excluding hydrogens is 573 g/mol. The highest BCUT2D eigenvalue weighted by Gasteiger charge is 2.38. The number of halogens is 3. The van der Waals surface area contributed by atoms with Crippen molar-refractivity contribution in [3.63, 3.8) is 0 Å². The summed E-state index contributed by atoms with van der Waals surface area (Å²) in [5, 5.41) is 26.2. The number of carboxylic acid groups (broad SMARTS) is 1. The van der Waals surface area contributed by atoms with Crippen molar-refractivity contribution in [2.45, 2.75) is 16.0 Å². The molecule has 20 heteroatoms. The summed E-state index contributed by atoms with van der Waals surface area (Å²) in [6.07, 6.45) is -3.85. The number of aromatic amines is 2. The zero-order valence-electron chi connectivity index (χ0n) is 19.2. The van der Waals surface area contributed by atoms with Crippen molar-refractivity contribution < 1.29 is 39.9 Å². The molecule has 0 unspecified atom stereocenters. The first kappa shape index (κ1) is 29.3. The zero-order valence-corrected chi connectivity index (χ0v) is 20.8. The van der Waals surface area contributed by atoms with Gasteiger partial charge in [0, 0.05) is 6.54 Å². The third-order valence-electron chi connectivity index (χ3n) is 4.89. The van der Waals surface area contributed by atoms with Gasteiger partial charge in [0.2, 0.25) is 15.8 Å². The van der Waals surface area contributed by atoms with Crippen LogP contribution >= 0.6 is 0 Å². The van der Waals surface area contributed by atoms with E-state index >= 15 is 0 Å². The third kappa shape index (κ3) is 6.42. The van der Waals surface area contributed by atoms with E-state index in [-0.39, 0.29) is 29.1 Å². The molecule has 2 heterocycles. The Morgan fingerprint density at radius 3 is 2.31 bits per heavy atom. The van der Waals surface area contributed by atoms with Crippen LogP contribution in [0, 0.1) is 0 Å². The Balaban J connectivity index is 0.000000532. The van der Waals surface area contributed by atoms with Gasteiger partial charge in [0.25, 0.3) is 5.56 Å². The number of nitrogens with zero attached hydrogens (tertiary/aromatic N) is 4. The van der Waals surface area contributed by atoms with Gasteiger partial charge < -0.3 is 15.8 Å². The number of fused-ring (bicyclic) bond motifs is 1. The van der Waals surface area contributed by atoms with Crippen LogP contribution in [0.3, 0.4) is 0 Å². The normalized spacial score (nSPS) is 12.1. The van der Waals surface area contributed by atoms with Gasteiger partial charge >= 0.3 is 12.1 Å². The van der Waals surface area contributed by atoms with Crippen molar-refractivity contribution in [3.05, 3.63) is 47.0 Å². The molecule has 0 spiro atoms. The number of carbonyl (C=O) groups is 1. The van der Waals surface area contributed by atoms with E-state index < -0.39 is 47.5 Å². The van der Waals surface area contributed by atoms with Gasteiger partial charge in [-0.1, -0.05) is 12.1 Å². The minimum Gasteiger partial charge on any atom is -0.475 e. The molecule has 0 amide bonds. The predicted octanol–water partition coefficient (Wildman–Crippen LogP) is -0.217. The monoisotopic (exact) mass is 590 g/mol. The lowest BCUT2D eigenvalue weighted by Crippen LogP contribution is -2.22. The van der Waals surface area contributed by atoms with E-state index in [9.17, 15) is 34.8 Å². The van der Waals surface area contributed by atoms with Crippen LogP contribution in [-0.2, 0) is 24.7 Å². The van der Waals surface area contributed by atoms with E-state index in [2.05, 4.69) is 30.6 Å². The van der Waals surface area contributed by atoms with Gasteiger partial charge in [-0.2, -0.15) is 18.4 Å². The number of sulfonamides is 1. The second kappa shape index (κ2) is 10.8. The molecule has 208 valence electrons. The number of nitrogens with two attached hydrogens (primary N) is 2. The van der Waals surface area contributed by atoms with E-state index in [1.807, 2.05) is 0 Å². The second-order valence-corrected chi connectivity index (χ2v) is 11.0. The number of rotatable bonds is 6. The number of aromatic nitrogens is 6. The van der Waals surface area contributed by atoms with E-state index in [0.717, 1.165) is 6.07 Å². The van der Waals surface area contributed by atoms with Crippen LogP contribution in [0.2, 0.25) is 0 Å². The van der Waals surface area contributed by atoms with Gasteiger partial charge in [-0.3, -0.25) is 4.79 Å². The molecule has 7 N–H and O–H groups in total. The summed E-state index contributed by atoms with van der Waals surface area (Å²) < 4.78 is 82.5. The second-order valence-electron chi connectivity index (χ2n) is 7.47. The summed E-state index contributed by atoms with van der Waals surface area (Å²) in [7, 11) is -8.69. The van der Waals surface area contributed by atoms with Crippen LogP contribution in [0.1, 0.15) is 0 Å². The number of alkyl halides is 3. The van der Waals surface area contributed by atoms with Gasteiger partial charge in [-0.25, -0.2) is 31.8 Å². The number of H-pyrrole nitrogens is 2. The van der Waals surface area contributed by atoms with Crippen molar-refractivity contribution in [2.75, 3.05) is 12.3 Å². The SMILES string of the molecule is NCCS(=O)(=O)c1ccc(-c2ccc3c(=O)[nH]cnc3c2)c(-c2nn[nH]n2)c1S(N)(=O)=O.O=C(O)C(F)(F)F. The number of sulfone groups is 1. The summed E-state index contributed by atoms with van der Waals surface area (Å²) in [6.45, 7) is -0.226. The van der Waals surface area contributed by atoms with Crippen molar-refractivity contribution in [1.82, 2.24) is 30.6 Å². The molecule has 39 heavy (non-hydrogen) atoms. The van der Waals surface area contributed by atoms with Crippen LogP contribution in [0.25, 0.3) is 33.4 Å². The fourth-order valence-corrected chi connectivity index (χ4v) is 6.08. The Labute approximate surface area is 216 Å². The molecule has 2 aromatic carbocycles. The van der Waals surface area contributed by atoms with Gasteiger partial charge in [0.15, 0.2) is 9.84 Å². The number of hydrogen-bond donors (Lipinski definition) is 5. The average Bonchev–Trinajstić information content (AvgIpc) is 3.37. The fourth-order valence-electron chi connectivity index (χ4n) is 3.32. The summed E-state index contributed by atoms with van der Waals surface area (Å²) in [5.74, 6) is -3.44. The Hall–Kier alpha value is -4.27. The summed E-state index contributed by atoms with van der Waals surface area (Å²) >= 11 is 0. The van der Waals surface area contributed by atoms with Gasteiger partial charge in [-0.05, 0) is 34.5 Å². The molecule has 0 aliphatic heterocycles. The molecule has 4 rings (SSSR count). The first-order chi connectivity index (χ1) is 18.1. The lowest BCUT2D eigenvalue weighted by atomic mass is 9.98. The summed E-state index contributed by atoms with van der Waals surface area (Å²) in [6, 6.07) is 7.15. The van der Waals surface area contributed by atoms with E-state index in [0.29, 0.717) is 16.5 Å². The highest BCUT2D eigenvalue weighted by atomic mass is 32.2. The minimum atomic E-state index is -5.08. The van der Waals surface area contributed by atoms with Crippen LogP contribution in [0.4, 0.5) is 13.2 Å². The first-order valence-corrected chi connectivity index (χ1v) is 13.4. The van der Waals surface area contributed by atoms with Crippen LogP contribution in [-0.4, -0.2) is 77.0 Å². The van der Waals surface area contributed by atoms with Crippen LogP contribution in [0.5, 0.6) is 0 Å². The van der Waals surface area contributed by atoms with Crippen molar-refractivity contribution in [2.24, 2.45) is 10.9 Å². The molecule has 0 bridgehead atoms. The van der Waals surface area contributed by atoms with E-state index in [1.165, 1.54) is 18.5 Å². The summed E-state index contributed by atoms with van der Waals surface area (Å²) in [5.41, 5.74) is 5.88. The first-order valence-electron chi connectivity index (χ1n) is 10.2. The number of primary sulfonamides is 1. The largest absolute Gasteiger partial charge is 0.490 e. The summed E-state index contributed by atoms with van der Waals surface area (Å²) in [4.78, 5) is 26.3. The molecule has 0 saturated carbocycles. The molecule has 0 aliphatic rings. The molecule has 0 atom stereocenters. The van der Waals surface area contributed by atoms with Crippen molar-refractivity contribution in [3.8, 4) is 22.5 Å². The Kier molecular flexibility index (Phi) is 8.14. The molecule has 0 saturated heterocycles. The van der Waals surface area contributed by atoms with Crippen LogP contribution < -0.4 is 16.4 Å². The number of aliphatic carboxylic acids is 1. The molecule has 15 nitrogen and oxygen atoms in total. The zero-order chi connectivity index (χ0) is 29.2. The van der Waals surface area contributed by atoms with Crippen LogP contribution in [0.15, 0.2) is 51.2 Å². The maximum Gasteiger partial charge on any atom is 0.490 e. The molecule has 0 fully saturated rings. The maximum absolute atomic E-state index is 12.8. The Morgan fingerprint density at radius 1 is 1.10 bits per heavy atom. The van der Waals surface area contributed by atoms with Gasteiger partial charge in [-0.15, -0.1) is 10.2 Å². The van der Waals surface area contributed by atoms with Crippen molar-refractivity contribution >= 4 is 36.7 Å². The molecule has 0 radical (unpaired) electrons. The predicted molar refractivity (Wildman–Crippen MR) is 127 cm³/mol. The lowest BCUT2D eigenvalue weighted by molar-refractivity contribution is -0.192. The van der Waals surface area contributed by atoms with Gasteiger partial charge in [0.1, 0.15) is 4.90 Å². The Bertz CT molecular complexity index is 1810. The number of benzene rings is 2. The smallest absolute Gasteiger partial charge is 0.475 e. The van der Waals surface area contributed by atoms with E-state index in [1.54, 1.807) is 12.1 Å². The molecule has 2 aromatic heterocycles. The quantitative estimate of drug-likeness (QED) is 0.195. The third-order valence-corrected chi connectivity index (χ3v) is 7.80.